The Hall–Kier alpha value is -2.08. The van der Waals surface area contributed by atoms with Crippen LogP contribution in [-0.4, -0.2) is 18.7 Å². The predicted molar refractivity (Wildman–Crippen MR) is 116 cm³/mol. The van der Waals surface area contributed by atoms with Gasteiger partial charge in [-0.2, -0.15) is 0 Å². The molecule has 0 aromatic heterocycles. The highest BCUT2D eigenvalue weighted by Gasteiger charge is 2.28. The Labute approximate surface area is 171 Å². The predicted octanol–water partition coefficient (Wildman–Crippen LogP) is 5.26. The molecule has 0 aliphatic carbocycles. The topological polar surface area (TPSA) is 57.2 Å². The Balaban J connectivity index is 0.000000409. The SMILES string of the molecule is CCS(=O)(=O)[O-].Cc1ccc([S+](c2ccc(C)cc2)c2ccc(C)cc2)cc1. The summed E-state index contributed by atoms with van der Waals surface area (Å²) in [6, 6.07) is 26.8. The van der Waals surface area contributed by atoms with E-state index in [-0.39, 0.29) is 16.6 Å². The molecular formula is C23H26O3S2. The second-order valence-corrected chi connectivity index (χ2v) is 10.3. The summed E-state index contributed by atoms with van der Waals surface area (Å²) in [5.74, 6) is -0.312. The van der Waals surface area contributed by atoms with Gasteiger partial charge < -0.3 is 4.55 Å². The van der Waals surface area contributed by atoms with E-state index in [0.717, 1.165) is 0 Å². The van der Waals surface area contributed by atoms with Crippen molar-refractivity contribution in [2.24, 2.45) is 0 Å². The first-order valence-electron chi connectivity index (χ1n) is 9.07. The molecular weight excluding hydrogens is 388 g/mol. The normalized spacial score (nSPS) is 11.1. The van der Waals surface area contributed by atoms with Crippen molar-refractivity contribution in [2.75, 3.05) is 5.75 Å². The van der Waals surface area contributed by atoms with Crippen LogP contribution in [0.15, 0.2) is 87.5 Å². The highest BCUT2D eigenvalue weighted by Crippen LogP contribution is 2.31. The van der Waals surface area contributed by atoms with Gasteiger partial charge in [0.2, 0.25) is 0 Å². The maximum Gasteiger partial charge on any atom is 0.166 e. The fourth-order valence-corrected chi connectivity index (χ4v) is 4.47. The molecule has 0 N–H and O–H groups in total. The highest BCUT2D eigenvalue weighted by molar-refractivity contribution is 7.97. The van der Waals surface area contributed by atoms with Crippen LogP contribution in [0.4, 0.5) is 0 Å². The zero-order valence-electron chi connectivity index (χ0n) is 16.7. The Bertz CT molecular complexity index is 867. The standard InChI is InChI=1S/C21H21S.C2H6O3S/c1-16-4-10-19(11-5-16)22(20-12-6-17(2)7-13-20)21-14-8-18(3)9-15-21;1-2-6(3,4)5/h4-15H,1-3H3;2H2,1H3,(H,3,4,5)/q+1;/p-1. The molecule has 5 heteroatoms. The van der Waals surface area contributed by atoms with E-state index in [1.54, 1.807) is 0 Å². The Morgan fingerprint density at radius 3 is 1.04 bits per heavy atom. The minimum Gasteiger partial charge on any atom is -0.748 e. The molecule has 0 saturated heterocycles. The van der Waals surface area contributed by atoms with Gasteiger partial charge in [0.1, 0.15) is 0 Å². The summed E-state index contributed by atoms with van der Waals surface area (Å²) < 4.78 is 28.3. The summed E-state index contributed by atoms with van der Waals surface area (Å²) in [6.07, 6.45) is 0. The first-order chi connectivity index (χ1) is 13.2. The third kappa shape index (κ3) is 6.82. The molecule has 3 nitrogen and oxygen atoms in total. The van der Waals surface area contributed by atoms with Crippen LogP contribution < -0.4 is 0 Å². The molecule has 3 aromatic carbocycles. The Morgan fingerprint density at radius 1 is 0.643 bits per heavy atom. The minimum absolute atomic E-state index is 0.0394. The van der Waals surface area contributed by atoms with E-state index in [1.807, 2.05) is 0 Å². The molecule has 0 fully saturated rings. The summed E-state index contributed by atoms with van der Waals surface area (Å²) >= 11 is 0. The van der Waals surface area contributed by atoms with Crippen LogP contribution in [0, 0.1) is 20.8 Å². The van der Waals surface area contributed by atoms with Crippen molar-refractivity contribution in [3.8, 4) is 0 Å². The van der Waals surface area contributed by atoms with E-state index >= 15 is 0 Å². The van der Waals surface area contributed by atoms with Crippen LogP contribution in [0.2, 0.25) is 0 Å². The first-order valence-corrected chi connectivity index (χ1v) is 11.9. The minimum atomic E-state index is -3.91. The van der Waals surface area contributed by atoms with Gasteiger partial charge in [0.05, 0.1) is 21.0 Å². The van der Waals surface area contributed by atoms with E-state index in [9.17, 15) is 13.0 Å². The quantitative estimate of drug-likeness (QED) is 0.432. The van der Waals surface area contributed by atoms with Crippen molar-refractivity contribution in [3.05, 3.63) is 89.5 Å². The average molecular weight is 415 g/mol. The molecule has 0 radical (unpaired) electrons. The van der Waals surface area contributed by atoms with Gasteiger partial charge in [-0.3, -0.25) is 0 Å². The Morgan fingerprint density at radius 2 is 0.857 bits per heavy atom. The lowest BCUT2D eigenvalue weighted by molar-refractivity contribution is 0.464. The monoisotopic (exact) mass is 414 g/mol. The fraction of sp³-hybridized carbons (Fsp3) is 0.217. The van der Waals surface area contributed by atoms with Crippen molar-refractivity contribution in [3.63, 3.8) is 0 Å². The number of aryl methyl sites for hydroxylation is 3. The van der Waals surface area contributed by atoms with Gasteiger partial charge >= 0.3 is 0 Å². The zero-order valence-corrected chi connectivity index (χ0v) is 18.3. The van der Waals surface area contributed by atoms with Crippen molar-refractivity contribution >= 4 is 21.0 Å². The van der Waals surface area contributed by atoms with Gasteiger partial charge in [-0.15, -0.1) is 0 Å². The number of benzene rings is 3. The lowest BCUT2D eigenvalue weighted by Crippen LogP contribution is -2.04. The van der Waals surface area contributed by atoms with Crippen molar-refractivity contribution in [1.82, 2.24) is 0 Å². The highest BCUT2D eigenvalue weighted by atomic mass is 32.2. The van der Waals surface area contributed by atoms with Crippen molar-refractivity contribution in [2.45, 2.75) is 42.4 Å². The zero-order chi connectivity index (χ0) is 20.7. The number of rotatable bonds is 4. The summed E-state index contributed by atoms with van der Waals surface area (Å²) in [6.45, 7) is 7.72. The van der Waals surface area contributed by atoms with Gasteiger partial charge in [0, 0.05) is 5.75 Å². The summed E-state index contributed by atoms with van der Waals surface area (Å²) in [5.41, 5.74) is 3.92. The molecule has 0 spiro atoms. The molecule has 0 amide bonds. The van der Waals surface area contributed by atoms with E-state index in [2.05, 4.69) is 93.6 Å². The van der Waals surface area contributed by atoms with Crippen molar-refractivity contribution < 1.29 is 13.0 Å². The molecule has 148 valence electrons. The molecule has 0 saturated carbocycles. The lowest BCUT2D eigenvalue weighted by Gasteiger charge is -2.09. The second kappa shape index (κ2) is 9.92. The molecule has 0 unspecified atom stereocenters. The van der Waals surface area contributed by atoms with Crippen LogP contribution in [0.25, 0.3) is 0 Å². The second-order valence-electron chi connectivity index (χ2n) is 6.59. The molecule has 3 aromatic rings. The number of hydrogen-bond donors (Lipinski definition) is 0. The van der Waals surface area contributed by atoms with E-state index in [1.165, 1.54) is 38.3 Å². The van der Waals surface area contributed by atoms with Gasteiger partial charge in [-0.05, 0) is 57.2 Å². The first kappa shape index (κ1) is 22.2. The van der Waals surface area contributed by atoms with Crippen LogP contribution in [0.1, 0.15) is 23.6 Å². The maximum absolute atomic E-state index is 9.44. The fourth-order valence-electron chi connectivity index (χ4n) is 2.43. The van der Waals surface area contributed by atoms with Gasteiger partial charge in [-0.1, -0.05) is 60.0 Å². The molecule has 0 bridgehead atoms. The van der Waals surface area contributed by atoms with E-state index < -0.39 is 10.1 Å². The number of hydrogen-bond acceptors (Lipinski definition) is 3. The smallest absolute Gasteiger partial charge is 0.166 e. The van der Waals surface area contributed by atoms with Crippen LogP contribution in [0.3, 0.4) is 0 Å². The van der Waals surface area contributed by atoms with Gasteiger partial charge in [-0.25, -0.2) is 8.42 Å². The van der Waals surface area contributed by atoms with Crippen molar-refractivity contribution in [1.29, 1.82) is 0 Å². The molecule has 0 aliphatic rings. The van der Waals surface area contributed by atoms with Crippen LogP contribution in [-0.2, 0) is 21.0 Å². The molecule has 0 heterocycles. The Kier molecular flexibility index (Phi) is 7.87. The summed E-state index contributed by atoms with van der Waals surface area (Å²) in [4.78, 5) is 4.12. The van der Waals surface area contributed by atoms with Crippen LogP contribution in [0.5, 0.6) is 0 Å². The third-order valence-electron chi connectivity index (χ3n) is 4.12. The maximum atomic E-state index is 9.44. The van der Waals surface area contributed by atoms with Gasteiger partial charge in [0.15, 0.2) is 14.7 Å². The third-order valence-corrected chi connectivity index (χ3v) is 7.06. The lowest BCUT2D eigenvalue weighted by atomic mass is 10.2. The van der Waals surface area contributed by atoms with Crippen LogP contribution >= 0.6 is 0 Å². The summed E-state index contributed by atoms with van der Waals surface area (Å²) in [5, 5.41) is 0. The molecule has 3 rings (SSSR count). The largest absolute Gasteiger partial charge is 0.748 e. The van der Waals surface area contributed by atoms with Gasteiger partial charge in [0.25, 0.3) is 0 Å². The van der Waals surface area contributed by atoms with E-state index in [4.69, 9.17) is 0 Å². The molecule has 28 heavy (non-hydrogen) atoms. The molecule has 0 aliphatic heterocycles. The summed E-state index contributed by atoms with van der Waals surface area (Å²) in [7, 11) is -3.95. The average Bonchev–Trinajstić information content (AvgIpc) is 2.66. The molecule has 0 atom stereocenters. The van der Waals surface area contributed by atoms with E-state index in [0.29, 0.717) is 0 Å².